The average molecular weight is 604 g/mol. The number of hydrogen-bond acceptors (Lipinski definition) is 1. The van der Waals surface area contributed by atoms with Crippen LogP contribution in [0.15, 0.2) is 156 Å². The van der Waals surface area contributed by atoms with Gasteiger partial charge >= 0.3 is 0 Å². The van der Waals surface area contributed by atoms with Gasteiger partial charge in [-0.1, -0.05) is 154 Å². The molecule has 1 nitrogen and oxygen atoms in total. The van der Waals surface area contributed by atoms with E-state index in [9.17, 15) is 0 Å². The second-order valence-corrected chi connectivity index (χ2v) is 13.6. The Morgan fingerprint density at radius 1 is 0.468 bits per heavy atom. The maximum atomic E-state index is 8.10. The fourth-order valence-corrected chi connectivity index (χ4v) is 7.46. The Bertz CT molecular complexity index is 2670. The van der Waals surface area contributed by atoms with Gasteiger partial charge < -0.3 is 4.42 Å². The summed E-state index contributed by atoms with van der Waals surface area (Å²) in [7, 11) is 0. The lowest BCUT2D eigenvalue weighted by atomic mass is 9.83. The Hall–Kier alpha value is -5.66. The molecule has 0 saturated carbocycles. The lowest BCUT2D eigenvalue weighted by Crippen LogP contribution is -2.10. The van der Waals surface area contributed by atoms with E-state index in [-0.39, 0.29) is 5.41 Å². The Morgan fingerprint density at radius 3 is 1.85 bits per heavy atom. The van der Waals surface area contributed by atoms with Gasteiger partial charge in [0.1, 0.15) is 11.2 Å². The maximum Gasteiger partial charge on any atom is 0.136 e. The molecule has 9 aromatic rings. The fourth-order valence-electron chi connectivity index (χ4n) is 7.46. The first kappa shape index (κ1) is 26.5. The van der Waals surface area contributed by atoms with Gasteiger partial charge in [0.05, 0.1) is 1.37 Å². The lowest BCUT2D eigenvalue weighted by molar-refractivity contribution is 0.587. The second-order valence-electron chi connectivity index (χ2n) is 13.6. The van der Waals surface area contributed by atoms with Gasteiger partial charge in [0, 0.05) is 10.8 Å². The SMILES string of the molecule is [2H]c1ccc2cc(-c3c4ccccc4c(-c4ccccc4-c4cccc5oc6cc(C(C)(C)C)ccc6c45)c4ccccc34)ccc2c1. The molecule has 0 unspecified atom stereocenters. The van der Waals surface area contributed by atoms with Crippen molar-refractivity contribution in [2.75, 3.05) is 0 Å². The molecular formula is C46H34O. The Balaban J connectivity index is 1.33. The van der Waals surface area contributed by atoms with Crippen LogP contribution < -0.4 is 0 Å². The maximum absolute atomic E-state index is 8.10. The predicted octanol–water partition coefficient (Wildman–Crippen LogP) is 13.3. The Labute approximate surface area is 276 Å². The zero-order valence-corrected chi connectivity index (χ0v) is 26.8. The van der Waals surface area contributed by atoms with Crippen LogP contribution in [-0.2, 0) is 5.41 Å². The van der Waals surface area contributed by atoms with Crippen LogP contribution in [0.25, 0.3) is 87.6 Å². The van der Waals surface area contributed by atoms with Gasteiger partial charge in [0.25, 0.3) is 0 Å². The minimum absolute atomic E-state index is 0.0369. The Kier molecular flexibility index (Phi) is 5.90. The number of hydrogen-bond donors (Lipinski definition) is 0. The van der Waals surface area contributed by atoms with Crippen molar-refractivity contribution >= 4 is 54.3 Å². The molecule has 224 valence electrons. The molecule has 1 aromatic heterocycles. The number of benzene rings is 8. The van der Waals surface area contributed by atoms with E-state index in [1.54, 1.807) is 0 Å². The molecule has 0 radical (unpaired) electrons. The third-order valence-electron chi connectivity index (χ3n) is 9.75. The highest BCUT2D eigenvalue weighted by Gasteiger charge is 2.22. The van der Waals surface area contributed by atoms with Crippen LogP contribution >= 0.6 is 0 Å². The van der Waals surface area contributed by atoms with Crippen molar-refractivity contribution in [1.29, 1.82) is 0 Å². The van der Waals surface area contributed by atoms with Gasteiger partial charge in [-0.15, -0.1) is 0 Å². The van der Waals surface area contributed by atoms with Crippen molar-refractivity contribution in [1.82, 2.24) is 0 Å². The largest absolute Gasteiger partial charge is 0.456 e. The number of fused-ring (bicyclic) bond motifs is 6. The van der Waals surface area contributed by atoms with Crippen LogP contribution in [0.5, 0.6) is 0 Å². The summed E-state index contributed by atoms with van der Waals surface area (Å²) >= 11 is 0. The quantitative estimate of drug-likeness (QED) is 0.183. The molecule has 0 aliphatic rings. The summed E-state index contributed by atoms with van der Waals surface area (Å²) in [6, 6.07) is 52.7. The third-order valence-corrected chi connectivity index (χ3v) is 9.75. The summed E-state index contributed by atoms with van der Waals surface area (Å²) < 4.78 is 14.6. The van der Waals surface area contributed by atoms with E-state index in [4.69, 9.17) is 5.79 Å². The molecule has 0 saturated heterocycles. The Morgan fingerprint density at radius 2 is 1.13 bits per heavy atom. The van der Waals surface area contributed by atoms with Gasteiger partial charge in [-0.25, -0.2) is 0 Å². The van der Waals surface area contributed by atoms with Crippen LogP contribution in [0, 0.1) is 0 Å². The van der Waals surface area contributed by atoms with Crippen LogP contribution in [0.3, 0.4) is 0 Å². The van der Waals surface area contributed by atoms with Crippen molar-refractivity contribution < 1.29 is 5.79 Å². The van der Waals surface area contributed by atoms with Crippen LogP contribution in [0.4, 0.5) is 0 Å². The van der Waals surface area contributed by atoms with Crippen molar-refractivity contribution in [2.45, 2.75) is 26.2 Å². The summed E-state index contributed by atoms with van der Waals surface area (Å²) in [6.45, 7) is 6.73. The van der Waals surface area contributed by atoms with E-state index in [2.05, 4.69) is 154 Å². The first-order valence-electron chi connectivity index (χ1n) is 16.8. The molecule has 8 aromatic carbocycles. The van der Waals surface area contributed by atoms with Crippen molar-refractivity contribution in [3.05, 3.63) is 157 Å². The van der Waals surface area contributed by atoms with Gasteiger partial charge in [-0.2, -0.15) is 0 Å². The highest BCUT2D eigenvalue weighted by molar-refractivity contribution is 6.23. The van der Waals surface area contributed by atoms with E-state index in [1.807, 2.05) is 12.1 Å². The molecule has 1 heterocycles. The molecule has 0 amide bonds. The van der Waals surface area contributed by atoms with Crippen molar-refractivity contribution in [3.8, 4) is 33.4 Å². The van der Waals surface area contributed by atoms with E-state index in [0.29, 0.717) is 6.04 Å². The standard InChI is InChI=1S/C46H34O/c1-46(2,3)32-25-26-40-42(28-32)47-41-22-12-21-35(45(40)41)33-15-6-7-16-34(33)44-38-19-10-8-17-36(38)43(37-18-9-11-20-39(37)44)31-24-23-29-13-4-5-14-30(29)27-31/h4-28H,1-3H3/i4D. The second kappa shape index (κ2) is 10.4. The summed E-state index contributed by atoms with van der Waals surface area (Å²) in [5.41, 5.74) is 10.3. The number of rotatable bonds is 3. The molecule has 47 heavy (non-hydrogen) atoms. The lowest BCUT2D eigenvalue weighted by Gasteiger charge is -2.20. The smallest absolute Gasteiger partial charge is 0.136 e. The van der Waals surface area contributed by atoms with E-state index >= 15 is 0 Å². The topological polar surface area (TPSA) is 13.1 Å². The predicted molar refractivity (Wildman–Crippen MR) is 201 cm³/mol. The summed E-state index contributed by atoms with van der Waals surface area (Å²) in [5.74, 6) is 0. The minimum atomic E-state index is 0.0369. The monoisotopic (exact) mass is 603 g/mol. The van der Waals surface area contributed by atoms with Gasteiger partial charge in [-0.05, 0) is 94.9 Å². The molecule has 0 bridgehead atoms. The zero-order chi connectivity index (χ0) is 32.6. The molecule has 0 aliphatic heterocycles. The summed E-state index contributed by atoms with van der Waals surface area (Å²) in [6.07, 6.45) is 0. The van der Waals surface area contributed by atoms with Gasteiger partial charge in [0.2, 0.25) is 0 Å². The fraction of sp³-hybridized carbons (Fsp3) is 0.0870. The van der Waals surface area contributed by atoms with Crippen molar-refractivity contribution in [2.24, 2.45) is 0 Å². The average Bonchev–Trinajstić information content (AvgIpc) is 3.48. The van der Waals surface area contributed by atoms with Crippen LogP contribution in [0.1, 0.15) is 27.7 Å². The van der Waals surface area contributed by atoms with Gasteiger partial charge in [0.15, 0.2) is 0 Å². The molecule has 0 atom stereocenters. The highest BCUT2D eigenvalue weighted by atomic mass is 16.3. The van der Waals surface area contributed by atoms with Gasteiger partial charge in [-0.3, -0.25) is 0 Å². The van der Waals surface area contributed by atoms with E-state index < -0.39 is 0 Å². The third kappa shape index (κ3) is 4.38. The molecule has 9 rings (SSSR count). The van der Waals surface area contributed by atoms with Crippen molar-refractivity contribution in [3.63, 3.8) is 0 Å². The zero-order valence-electron chi connectivity index (χ0n) is 27.8. The normalized spacial score (nSPS) is 12.4. The van der Waals surface area contributed by atoms with E-state index in [0.717, 1.165) is 32.7 Å². The van der Waals surface area contributed by atoms with E-state index in [1.165, 1.54) is 60.5 Å². The molecule has 0 aliphatic carbocycles. The molecule has 0 N–H and O–H groups in total. The minimum Gasteiger partial charge on any atom is -0.456 e. The molecule has 1 heteroatoms. The molecular weight excluding hydrogens is 569 g/mol. The van der Waals surface area contributed by atoms with Crippen LogP contribution in [0.2, 0.25) is 0 Å². The molecule has 0 fully saturated rings. The molecule has 0 spiro atoms. The summed E-state index contributed by atoms with van der Waals surface area (Å²) in [5, 5.41) is 9.40. The first-order chi connectivity index (χ1) is 23.3. The van der Waals surface area contributed by atoms with Crippen LogP contribution in [-0.4, -0.2) is 0 Å². The highest BCUT2D eigenvalue weighted by Crippen LogP contribution is 2.48. The summed E-state index contributed by atoms with van der Waals surface area (Å²) in [4.78, 5) is 0. The first-order valence-corrected chi connectivity index (χ1v) is 16.3. The number of furan rings is 1.